The molecule has 3 N–H and O–H groups in total. The summed E-state index contributed by atoms with van der Waals surface area (Å²) in [6, 6.07) is 17.9. The predicted octanol–water partition coefficient (Wildman–Crippen LogP) is 5.29. The Morgan fingerprint density at radius 1 is 1.12 bits per heavy atom. The average Bonchev–Trinajstić information content (AvgIpc) is 2.78. The molecule has 0 saturated carbocycles. The molecular weight excluding hydrogens is 440 g/mol. The number of ether oxygens (including phenoxy) is 1. The second-order valence-electron chi connectivity index (χ2n) is 7.66. The number of hydrogen-bond donors (Lipinski definition) is 3. The van der Waals surface area contributed by atoms with E-state index in [1.165, 1.54) is 6.92 Å². The Balaban J connectivity index is 1.56. The van der Waals surface area contributed by atoms with E-state index in [9.17, 15) is 9.59 Å². The second kappa shape index (κ2) is 9.75. The summed E-state index contributed by atoms with van der Waals surface area (Å²) in [5, 5.41) is 7.29. The van der Waals surface area contributed by atoms with Gasteiger partial charge in [-0.25, -0.2) is 0 Å². The van der Waals surface area contributed by atoms with Gasteiger partial charge in [0, 0.05) is 41.5 Å². The number of rotatable bonds is 7. The zero-order chi connectivity index (χ0) is 23.4. The van der Waals surface area contributed by atoms with Crippen molar-refractivity contribution in [2.24, 2.45) is 0 Å². The monoisotopic (exact) mass is 462 g/mol. The van der Waals surface area contributed by atoms with E-state index in [0.717, 1.165) is 16.8 Å². The van der Waals surface area contributed by atoms with E-state index in [1.807, 2.05) is 49.4 Å². The van der Waals surface area contributed by atoms with E-state index < -0.39 is 0 Å². The van der Waals surface area contributed by atoms with E-state index in [1.54, 1.807) is 24.4 Å². The fourth-order valence-corrected chi connectivity index (χ4v) is 3.74. The zero-order valence-corrected chi connectivity index (χ0v) is 18.9. The summed E-state index contributed by atoms with van der Waals surface area (Å²) in [6.07, 6.45) is 1.70. The topological polar surface area (TPSA) is 96.1 Å². The number of hydrogen-bond acceptors (Lipinski definition) is 5. The smallest absolute Gasteiger partial charge is 0.253 e. The first-order valence-corrected chi connectivity index (χ1v) is 10.8. The molecule has 168 valence electrons. The molecule has 0 fully saturated rings. The standard InChI is InChI=1S/C25H23ClN4O3/c1-15(28-18-7-5-8-19(12-18)29-16(2)31)21-10-17-11-22(26)24(13-23(17)30-25(21)32)33-14-20-6-3-4-9-27-20/h3-13,15,28H,14H2,1-2H3,(H,29,31)(H,30,32). The van der Waals surface area contributed by atoms with Crippen LogP contribution in [0.1, 0.15) is 31.1 Å². The molecule has 0 aliphatic carbocycles. The molecule has 1 unspecified atom stereocenters. The van der Waals surface area contributed by atoms with Crippen LogP contribution in [0.5, 0.6) is 5.75 Å². The molecule has 2 aromatic carbocycles. The van der Waals surface area contributed by atoms with Crippen molar-refractivity contribution in [3.63, 3.8) is 0 Å². The number of H-pyrrole nitrogens is 1. The first-order chi connectivity index (χ1) is 15.9. The highest BCUT2D eigenvalue weighted by Crippen LogP contribution is 2.30. The van der Waals surface area contributed by atoms with Crippen LogP contribution < -0.4 is 20.9 Å². The average molecular weight is 463 g/mol. The molecule has 2 aromatic heterocycles. The lowest BCUT2D eigenvalue weighted by molar-refractivity contribution is -0.114. The van der Waals surface area contributed by atoms with E-state index >= 15 is 0 Å². The first kappa shape index (κ1) is 22.4. The SMILES string of the molecule is CC(=O)Nc1cccc(NC(C)c2cc3cc(Cl)c(OCc4ccccn4)cc3[nH]c2=O)c1. The van der Waals surface area contributed by atoms with Crippen molar-refractivity contribution in [2.75, 3.05) is 10.6 Å². The largest absolute Gasteiger partial charge is 0.486 e. The van der Waals surface area contributed by atoms with E-state index in [4.69, 9.17) is 16.3 Å². The number of aromatic amines is 1. The maximum absolute atomic E-state index is 12.8. The van der Waals surface area contributed by atoms with Gasteiger partial charge in [0.1, 0.15) is 12.4 Å². The number of nitrogens with zero attached hydrogens (tertiary/aromatic N) is 1. The molecule has 2 heterocycles. The molecule has 4 aromatic rings. The van der Waals surface area contributed by atoms with Crippen LogP contribution in [0, 0.1) is 0 Å². The van der Waals surface area contributed by atoms with Crippen LogP contribution in [0.25, 0.3) is 10.9 Å². The summed E-state index contributed by atoms with van der Waals surface area (Å²) in [7, 11) is 0. The molecule has 1 atom stereocenters. The summed E-state index contributed by atoms with van der Waals surface area (Å²) < 4.78 is 5.81. The molecule has 4 rings (SSSR count). The van der Waals surface area contributed by atoms with Crippen LogP contribution in [-0.4, -0.2) is 15.9 Å². The minimum Gasteiger partial charge on any atom is -0.486 e. The number of nitrogens with one attached hydrogen (secondary N) is 3. The zero-order valence-electron chi connectivity index (χ0n) is 18.2. The Bertz CT molecular complexity index is 1360. The van der Waals surface area contributed by atoms with Gasteiger partial charge in [0.2, 0.25) is 5.91 Å². The minimum absolute atomic E-state index is 0.147. The Labute approximate surface area is 195 Å². The van der Waals surface area contributed by atoms with Crippen molar-refractivity contribution in [2.45, 2.75) is 26.5 Å². The Morgan fingerprint density at radius 3 is 2.70 bits per heavy atom. The molecule has 8 heteroatoms. The molecule has 1 amide bonds. The summed E-state index contributed by atoms with van der Waals surface area (Å²) in [6.45, 7) is 3.62. The summed E-state index contributed by atoms with van der Waals surface area (Å²) in [4.78, 5) is 31.3. The third-order valence-corrected chi connectivity index (χ3v) is 5.36. The predicted molar refractivity (Wildman–Crippen MR) is 131 cm³/mol. The molecular formula is C25H23ClN4O3. The third-order valence-electron chi connectivity index (χ3n) is 5.06. The maximum atomic E-state index is 12.8. The number of carbonyl (C=O) groups excluding carboxylic acids is 1. The Kier molecular flexibility index (Phi) is 6.60. The maximum Gasteiger partial charge on any atom is 0.253 e. The lowest BCUT2D eigenvalue weighted by Gasteiger charge is -2.17. The number of pyridine rings is 2. The quantitative estimate of drug-likeness (QED) is 0.347. The highest BCUT2D eigenvalue weighted by Gasteiger charge is 2.14. The summed E-state index contributed by atoms with van der Waals surface area (Å²) in [5.74, 6) is 0.325. The number of aromatic nitrogens is 2. The van der Waals surface area contributed by atoms with Crippen LogP contribution in [0.4, 0.5) is 11.4 Å². The van der Waals surface area contributed by atoms with Gasteiger partial charge >= 0.3 is 0 Å². The van der Waals surface area contributed by atoms with Crippen molar-refractivity contribution in [1.29, 1.82) is 0 Å². The normalized spacial score (nSPS) is 11.7. The van der Waals surface area contributed by atoms with Crippen LogP contribution in [0.2, 0.25) is 5.02 Å². The van der Waals surface area contributed by atoms with E-state index in [0.29, 0.717) is 27.5 Å². The van der Waals surface area contributed by atoms with Gasteiger partial charge in [-0.2, -0.15) is 0 Å². The van der Waals surface area contributed by atoms with Gasteiger partial charge in [0.15, 0.2) is 0 Å². The minimum atomic E-state index is -0.287. The molecule has 0 aliphatic rings. The molecule has 0 aliphatic heterocycles. The van der Waals surface area contributed by atoms with Gasteiger partial charge in [0.05, 0.1) is 22.3 Å². The van der Waals surface area contributed by atoms with Crippen molar-refractivity contribution >= 4 is 39.8 Å². The molecule has 7 nitrogen and oxygen atoms in total. The number of halogens is 1. The van der Waals surface area contributed by atoms with E-state index in [-0.39, 0.29) is 24.1 Å². The molecule has 33 heavy (non-hydrogen) atoms. The van der Waals surface area contributed by atoms with Crippen molar-refractivity contribution in [3.05, 3.63) is 93.5 Å². The molecule has 0 bridgehead atoms. The number of anilines is 2. The van der Waals surface area contributed by atoms with Crippen LogP contribution in [0.15, 0.2) is 71.7 Å². The van der Waals surface area contributed by atoms with Crippen LogP contribution >= 0.6 is 11.6 Å². The molecule has 0 saturated heterocycles. The van der Waals surface area contributed by atoms with Crippen molar-refractivity contribution < 1.29 is 9.53 Å². The highest BCUT2D eigenvalue weighted by atomic mass is 35.5. The van der Waals surface area contributed by atoms with Gasteiger partial charge in [-0.15, -0.1) is 0 Å². The van der Waals surface area contributed by atoms with Gasteiger partial charge in [-0.3, -0.25) is 14.6 Å². The lowest BCUT2D eigenvalue weighted by Crippen LogP contribution is -2.19. The van der Waals surface area contributed by atoms with Gasteiger partial charge in [0.25, 0.3) is 5.56 Å². The van der Waals surface area contributed by atoms with Gasteiger partial charge in [-0.05, 0) is 49.4 Å². The summed E-state index contributed by atoms with van der Waals surface area (Å²) >= 11 is 6.44. The molecule has 0 radical (unpaired) electrons. The fourth-order valence-electron chi connectivity index (χ4n) is 3.51. The third kappa shape index (κ3) is 5.51. The highest BCUT2D eigenvalue weighted by molar-refractivity contribution is 6.32. The van der Waals surface area contributed by atoms with E-state index in [2.05, 4.69) is 20.6 Å². The second-order valence-corrected chi connectivity index (χ2v) is 8.07. The Morgan fingerprint density at radius 2 is 1.94 bits per heavy atom. The lowest BCUT2D eigenvalue weighted by atomic mass is 10.1. The number of amides is 1. The van der Waals surface area contributed by atoms with Gasteiger partial charge in [-0.1, -0.05) is 23.7 Å². The summed E-state index contributed by atoms with van der Waals surface area (Å²) in [5.41, 5.74) is 3.22. The van der Waals surface area contributed by atoms with Crippen molar-refractivity contribution in [3.8, 4) is 5.75 Å². The Hall–Kier alpha value is -3.84. The first-order valence-electron chi connectivity index (χ1n) is 10.4. The number of benzene rings is 2. The van der Waals surface area contributed by atoms with Crippen molar-refractivity contribution in [1.82, 2.24) is 9.97 Å². The fraction of sp³-hybridized carbons (Fsp3) is 0.160. The molecule has 0 spiro atoms. The van der Waals surface area contributed by atoms with Gasteiger partial charge < -0.3 is 20.4 Å². The number of carbonyl (C=O) groups is 1. The van der Waals surface area contributed by atoms with Crippen LogP contribution in [0.3, 0.4) is 0 Å². The number of fused-ring (bicyclic) bond motifs is 1. The van der Waals surface area contributed by atoms with Crippen LogP contribution in [-0.2, 0) is 11.4 Å².